The van der Waals surface area contributed by atoms with Gasteiger partial charge in [-0.15, -0.1) is 0 Å². The van der Waals surface area contributed by atoms with Gasteiger partial charge in [0.15, 0.2) is 5.11 Å². The van der Waals surface area contributed by atoms with Gasteiger partial charge in [0.25, 0.3) is 5.91 Å². The van der Waals surface area contributed by atoms with Crippen LogP contribution in [0.1, 0.15) is 20.7 Å². The summed E-state index contributed by atoms with van der Waals surface area (Å²) in [5, 5.41) is 6.20. The van der Waals surface area contributed by atoms with Crippen molar-refractivity contribution in [1.82, 2.24) is 5.32 Å². The zero-order chi connectivity index (χ0) is 17.7. The molecule has 1 amide bonds. The van der Waals surface area contributed by atoms with E-state index in [4.69, 9.17) is 35.4 Å². The van der Waals surface area contributed by atoms with Crippen LogP contribution in [0.3, 0.4) is 0 Å². The second-order valence-corrected chi connectivity index (χ2v) is 5.83. The molecule has 2 aromatic rings. The van der Waals surface area contributed by atoms with Gasteiger partial charge in [-0.25, -0.2) is 4.79 Å². The molecular formula is C16H12Cl2N2O3S. The van der Waals surface area contributed by atoms with Crippen LogP contribution < -0.4 is 10.6 Å². The van der Waals surface area contributed by atoms with Crippen LogP contribution >= 0.6 is 35.4 Å². The number of hydrogen-bond acceptors (Lipinski definition) is 4. The van der Waals surface area contributed by atoms with Crippen LogP contribution in [0, 0.1) is 0 Å². The molecule has 0 saturated heterocycles. The van der Waals surface area contributed by atoms with E-state index in [9.17, 15) is 9.59 Å². The number of hydrogen-bond donors (Lipinski definition) is 2. The minimum atomic E-state index is -0.527. The van der Waals surface area contributed by atoms with Crippen molar-refractivity contribution >= 4 is 58.1 Å². The first kappa shape index (κ1) is 18.2. The molecular weight excluding hydrogens is 371 g/mol. The average Bonchev–Trinajstić information content (AvgIpc) is 2.57. The predicted molar refractivity (Wildman–Crippen MR) is 97.9 cm³/mol. The van der Waals surface area contributed by atoms with Crippen LogP contribution in [0.5, 0.6) is 0 Å². The van der Waals surface area contributed by atoms with Crippen molar-refractivity contribution in [3.05, 3.63) is 63.6 Å². The highest BCUT2D eigenvalue weighted by Gasteiger charge is 2.12. The molecule has 0 atom stereocenters. The van der Waals surface area contributed by atoms with E-state index in [2.05, 4.69) is 15.4 Å². The van der Waals surface area contributed by atoms with E-state index in [1.54, 1.807) is 36.4 Å². The molecule has 5 nitrogen and oxygen atoms in total. The van der Waals surface area contributed by atoms with Gasteiger partial charge in [-0.05, 0) is 48.6 Å². The summed E-state index contributed by atoms with van der Waals surface area (Å²) in [6.07, 6.45) is 0. The highest BCUT2D eigenvalue weighted by Crippen LogP contribution is 2.24. The lowest BCUT2D eigenvalue weighted by molar-refractivity contribution is 0.0600. The van der Waals surface area contributed by atoms with Crippen molar-refractivity contribution in [2.45, 2.75) is 0 Å². The summed E-state index contributed by atoms with van der Waals surface area (Å²) in [5.74, 6) is -0.987. The van der Waals surface area contributed by atoms with Gasteiger partial charge in [-0.1, -0.05) is 29.3 Å². The maximum absolute atomic E-state index is 12.2. The first-order chi connectivity index (χ1) is 11.4. The second kappa shape index (κ2) is 8.10. The van der Waals surface area contributed by atoms with Gasteiger partial charge < -0.3 is 10.1 Å². The van der Waals surface area contributed by atoms with Crippen LogP contribution in [0.25, 0.3) is 0 Å². The number of methoxy groups -OCH3 is 1. The predicted octanol–water partition coefficient (Wildman–Crippen LogP) is 3.91. The fourth-order valence-electron chi connectivity index (χ4n) is 1.82. The zero-order valence-electron chi connectivity index (χ0n) is 12.4. The fourth-order valence-corrected chi connectivity index (χ4v) is 2.33. The zero-order valence-corrected chi connectivity index (χ0v) is 14.8. The lowest BCUT2D eigenvalue weighted by atomic mass is 10.1. The van der Waals surface area contributed by atoms with Crippen LogP contribution in [-0.2, 0) is 4.74 Å². The highest BCUT2D eigenvalue weighted by atomic mass is 35.5. The Morgan fingerprint density at radius 1 is 1.04 bits per heavy atom. The number of esters is 1. The molecule has 2 N–H and O–H groups in total. The Bertz CT molecular complexity index is 812. The molecule has 0 bridgehead atoms. The maximum atomic E-state index is 12.2. The minimum absolute atomic E-state index is 0.0851. The average molecular weight is 383 g/mol. The van der Waals surface area contributed by atoms with Gasteiger partial charge in [0, 0.05) is 11.3 Å². The summed E-state index contributed by atoms with van der Waals surface area (Å²) in [5.41, 5.74) is 1.13. The molecule has 8 heteroatoms. The molecule has 0 heterocycles. The van der Waals surface area contributed by atoms with E-state index in [1.807, 2.05) is 0 Å². The summed E-state index contributed by atoms with van der Waals surface area (Å²) in [6.45, 7) is 0. The fraction of sp³-hybridized carbons (Fsp3) is 0.0625. The number of thiocarbonyl (C=S) groups is 1. The summed E-state index contributed by atoms with van der Waals surface area (Å²) in [7, 11) is 1.27. The molecule has 0 radical (unpaired) electrons. The summed E-state index contributed by atoms with van der Waals surface area (Å²) < 4.78 is 4.62. The number of nitrogens with one attached hydrogen (secondary N) is 2. The minimum Gasteiger partial charge on any atom is -0.465 e. The van der Waals surface area contributed by atoms with Crippen LogP contribution in [0.15, 0.2) is 42.5 Å². The van der Waals surface area contributed by atoms with Gasteiger partial charge in [-0.3, -0.25) is 10.1 Å². The molecule has 0 spiro atoms. The third-order valence-corrected chi connectivity index (χ3v) is 3.89. The lowest BCUT2D eigenvalue weighted by Crippen LogP contribution is -2.34. The molecule has 24 heavy (non-hydrogen) atoms. The Morgan fingerprint density at radius 3 is 2.42 bits per heavy atom. The Morgan fingerprint density at radius 2 is 1.75 bits per heavy atom. The van der Waals surface area contributed by atoms with Gasteiger partial charge >= 0.3 is 5.97 Å². The molecule has 0 fully saturated rings. The van der Waals surface area contributed by atoms with E-state index in [-0.39, 0.29) is 16.2 Å². The van der Waals surface area contributed by atoms with Crippen molar-refractivity contribution < 1.29 is 14.3 Å². The smallest absolute Gasteiger partial charge is 0.337 e. The largest absolute Gasteiger partial charge is 0.465 e. The molecule has 0 aliphatic heterocycles. The molecule has 0 aliphatic rings. The van der Waals surface area contributed by atoms with Crippen molar-refractivity contribution in [3.8, 4) is 0 Å². The number of amides is 1. The van der Waals surface area contributed by atoms with Crippen molar-refractivity contribution in [2.24, 2.45) is 0 Å². The SMILES string of the molecule is COC(=O)c1cccc(C(=O)NC(=S)Nc2ccc(Cl)c(Cl)c2)c1. The van der Waals surface area contributed by atoms with E-state index in [0.29, 0.717) is 15.7 Å². The first-order valence-electron chi connectivity index (χ1n) is 6.66. The van der Waals surface area contributed by atoms with Gasteiger partial charge in [0.1, 0.15) is 0 Å². The second-order valence-electron chi connectivity index (χ2n) is 4.61. The number of anilines is 1. The van der Waals surface area contributed by atoms with E-state index in [0.717, 1.165) is 0 Å². The number of halogens is 2. The van der Waals surface area contributed by atoms with Gasteiger partial charge in [0.05, 0.1) is 22.7 Å². The van der Waals surface area contributed by atoms with Crippen molar-refractivity contribution in [3.63, 3.8) is 0 Å². The Balaban J connectivity index is 2.04. The molecule has 0 unspecified atom stereocenters. The lowest BCUT2D eigenvalue weighted by Gasteiger charge is -2.10. The van der Waals surface area contributed by atoms with Crippen molar-refractivity contribution in [1.29, 1.82) is 0 Å². The van der Waals surface area contributed by atoms with Crippen LogP contribution in [0.2, 0.25) is 10.0 Å². The molecule has 0 saturated carbocycles. The van der Waals surface area contributed by atoms with Crippen LogP contribution in [-0.4, -0.2) is 24.1 Å². The van der Waals surface area contributed by atoms with E-state index in [1.165, 1.54) is 13.2 Å². The van der Waals surface area contributed by atoms with Gasteiger partial charge in [0.2, 0.25) is 0 Å². The van der Waals surface area contributed by atoms with E-state index < -0.39 is 11.9 Å². The highest BCUT2D eigenvalue weighted by molar-refractivity contribution is 7.80. The number of rotatable bonds is 3. The Kier molecular flexibility index (Phi) is 6.14. The number of benzene rings is 2. The molecule has 0 aliphatic carbocycles. The van der Waals surface area contributed by atoms with Gasteiger partial charge in [-0.2, -0.15) is 0 Å². The third kappa shape index (κ3) is 4.67. The standard InChI is InChI=1S/C16H12Cl2N2O3S/c1-23-15(22)10-4-2-3-9(7-10)14(21)20-16(24)19-11-5-6-12(17)13(18)8-11/h2-8H,1H3,(H2,19,20,21,24). The monoisotopic (exact) mass is 382 g/mol. The van der Waals surface area contributed by atoms with Crippen molar-refractivity contribution in [2.75, 3.05) is 12.4 Å². The maximum Gasteiger partial charge on any atom is 0.337 e. The van der Waals surface area contributed by atoms with E-state index >= 15 is 0 Å². The first-order valence-corrected chi connectivity index (χ1v) is 7.83. The molecule has 2 aromatic carbocycles. The number of carbonyl (C=O) groups is 2. The summed E-state index contributed by atoms with van der Waals surface area (Å²) in [4.78, 5) is 23.7. The van der Waals surface area contributed by atoms with Crippen LogP contribution in [0.4, 0.5) is 5.69 Å². The topological polar surface area (TPSA) is 67.4 Å². The number of ether oxygens (including phenoxy) is 1. The number of carbonyl (C=O) groups excluding carboxylic acids is 2. The summed E-state index contributed by atoms with van der Waals surface area (Å²) in [6, 6.07) is 11.0. The summed E-state index contributed by atoms with van der Waals surface area (Å²) >= 11 is 16.8. The Hall–Kier alpha value is -2.15. The Labute approximate surface area is 153 Å². The molecule has 2 rings (SSSR count). The normalized spacial score (nSPS) is 9.96. The third-order valence-electron chi connectivity index (χ3n) is 2.95. The molecule has 0 aromatic heterocycles. The quantitative estimate of drug-likeness (QED) is 0.622. The molecule has 124 valence electrons.